The second kappa shape index (κ2) is 9.78. The number of carboxylic acid groups (broad SMARTS) is 1. The first-order valence-electron chi connectivity index (χ1n) is 8.15. The summed E-state index contributed by atoms with van der Waals surface area (Å²) in [5.41, 5.74) is 0. The molecular formula is C16H29NO3. The van der Waals surface area contributed by atoms with Crippen LogP contribution in [0.25, 0.3) is 0 Å². The Kier molecular flexibility index (Phi) is 8.31. The lowest BCUT2D eigenvalue weighted by Gasteiger charge is -2.27. The van der Waals surface area contributed by atoms with E-state index in [0.717, 1.165) is 32.1 Å². The van der Waals surface area contributed by atoms with Crippen LogP contribution in [0.1, 0.15) is 77.6 Å². The summed E-state index contributed by atoms with van der Waals surface area (Å²) in [5.74, 6) is -0.903. The summed E-state index contributed by atoms with van der Waals surface area (Å²) >= 11 is 0. The van der Waals surface area contributed by atoms with Crippen LogP contribution in [-0.4, -0.2) is 23.0 Å². The summed E-state index contributed by atoms with van der Waals surface area (Å²) in [6.07, 6.45) is 10.8. The third kappa shape index (κ3) is 6.92. The molecule has 2 atom stereocenters. The molecule has 0 spiro atoms. The van der Waals surface area contributed by atoms with Crippen molar-refractivity contribution in [1.82, 2.24) is 5.32 Å². The van der Waals surface area contributed by atoms with Gasteiger partial charge >= 0.3 is 5.97 Å². The highest BCUT2D eigenvalue weighted by atomic mass is 16.4. The molecule has 1 saturated carbocycles. The quantitative estimate of drug-likeness (QED) is 0.636. The van der Waals surface area contributed by atoms with Crippen molar-refractivity contribution in [1.29, 1.82) is 0 Å². The zero-order valence-corrected chi connectivity index (χ0v) is 12.7. The molecule has 1 fully saturated rings. The second-order valence-corrected chi connectivity index (χ2v) is 5.98. The standard InChI is InChI=1S/C16H29NO3/c1-2-3-4-5-6-7-11-15(18)17-14-10-8-9-13(12-14)16(19)20/h13-14H,2-12H2,1H3,(H,17,18)(H,19,20). The van der Waals surface area contributed by atoms with Crippen LogP contribution < -0.4 is 5.32 Å². The molecule has 0 aliphatic heterocycles. The van der Waals surface area contributed by atoms with Crippen molar-refractivity contribution >= 4 is 11.9 Å². The van der Waals surface area contributed by atoms with Gasteiger partial charge in [-0.25, -0.2) is 0 Å². The van der Waals surface area contributed by atoms with Crippen LogP contribution >= 0.6 is 0 Å². The molecule has 4 heteroatoms. The van der Waals surface area contributed by atoms with Gasteiger partial charge in [0.25, 0.3) is 0 Å². The number of hydrogen-bond acceptors (Lipinski definition) is 2. The number of carboxylic acids is 1. The average Bonchev–Trinajstić information content (AvgIpc) is 2.43. The number of carbonyl (C=O) groups excluding carboxylic acids is 1. The molecule has 4 nitrogen and oxygen atoms in total. The molecule has 116 valence electrons. The maximum Gasteiger partial charge on any atom is 0.306 e. The predicted octanol–water partition coefficient (Wildman–Crippen LogP) is 3.50. The van der Waals surface area contributed by atoms with Crippen LogP contribution in [0.5, 0.6) is 0 Å². The van der Waals surface area contributed by atoms with Gasteiger partial charge in [0.15, 0.2) is 0 Å². The summed E-state index contributed by atoms with van der Waals surface area (Å²) in [4.78, 5) is 22.8. The van der Waals surface area contributed by atoms with E-state index in [4.69, 9.17) is 5.11 Å². The van der Waals surface area contributed by atoms with Crippen molar-refractivity contribution in [2.75, 3.05) is 0 Å². The van der Waals surface area contributed by atoms with Crippen LogP contribution in [0.4, 0.5) is 0 Å². The van der Waals surface area contributed by atoms with Gasteiger partial charge in [0, 0.05) is 12.5 Å². The first-order chi connectivity index (χ1) is 9.63. The normalized spacial score (nSPS) is 22.4. The van der Waals surface area contributed by atoms with Crippen molar-refractivity contribution < 1.29 is 14.7 Å². The smallest absolute Gasteiger partial charge is 0.306 e. The summed E-state index contributed by atoms with van der Waals surface area (Å²) in [7, 11) is 0. The largest absolute Gasteiger partial charge is 0.481 e. The predicted molar refractivity (Wildman–Crippen MR) is 79.5 cm³/mol. The Morgan fingerprint density at radius 3 is 2.50 bits per heavy atom. The molecule has 1 rings (SSSR count). The Morgan fingerprint density at radius 1 is 1.10 bits per heavy atom. The van der Waals surface area contributed by atoms with Crippen molar-refractivity contribution in [3.05, 3.63) is 0 Å². The van der Waals surface area contributed by atoms with Crippen LogP contribution in [-0.2, 0) is 9.59 Å². The van der Waals surface area contributed by atoms with Crippen molar-refractivity contribution in [3.8, 4) is 0 Å². The Balaban J connectivity index is 2.10. The van der Waals surface area contributed by atoms with Gasteiger partial charge in [-0.05, 0) is 25.7 Å². The minimum absolute atomic E-state index is 0.0671. The zero-order valence-electron chi connectivity index (χ0n) is 12.7. The SMILES string of the molecule is CCCCCCCCC(=O)NC1CCCC(C(=O)O)C1. The number of aliphatic carboxylic acids is 1. The van der Waals surface area contributed by atoms with Crippen molar-refractivity contribution in [3.63, 3.8) is 0 Å². The van der Waals surface area contributed by atoms with Gasteiger partial charge in [0.05, 0.1) is 5.92 Å². The Bertz CT molecular complexity index is 304. The molecule has 0 heterocycles. The van der Waals surface area contributed by atoms with E-state index < -0.39 is 5.97 Å². The van der Waals surface area contributed by atoms with Crippen LogP contribution in [0.15, 0.2) is 0 Å². The monoisotopic (exact) mass is 283 g/mol. The minimum Gasteiger partial charge on any atom is -0.481 e. The lowest BCUT2D eigenvalue weighted by Crippen LogP contribution is -2.39. The van der Waals surface area contributed by atoms with Crippen LogP contribution in [0.2, 0.25) is 0 Å². The molecule has 2 unspecified atom stereocenters. The molecular weight excluding hydrogens is 254 g/mol. The number of carbonyl (C=O) groups is 2. The van der Waals surface area contributed by atoms with Crippen molar-refractivity contribution in [2.45, 2.75) is 83.6 Å². The molecule has 0 aromatic carbocycles. The average molecular weight is 283 g/mol. The number of rotatable bonds is 9. The molecule has 2 N–H and O–H groups in total. The second-order valence-electron chi connectivity index (χ2n) is 5.98. The summed E-state index contributed by atoms with van der Waals surface area (Å²) < 4.78 is 0. The molecule has 20 heavy (non-hydrogen) atoms. The van der Waals surface area contributed by atoms with E-state index >= 15 is 0 Å². The van der Waals surface area contributed by atoms with Gasteiger partial charge in [-0.15, -0.1) is 0 Å². The maximum absolute atomic E-state index is 11.8. The first-order valence-corrected chi connectivity index (χ1v) is 8.15. The van der Waals surface area contributed by atoms with E-state index in [1.807, 2.05) is 0 Å². The fourth-order valence-electron chi connectivity index (χ4n) is 2.91. The van der Waals surface area contributed by atoms with Gasteiger partial charge < -0.3 is 10.4 Å². The van der Waals surface area contributed by atoms with Gasteiger partial charge in [-0.2, -0.15) is 0 Å². The highest BCUT2D eigenvalue weighted by Gasteiger charge is 2.27. The first kappa shape index (κ1) is 17.0. The van der Waals surface area contributed by atoms with Gasteiger partial charge in [-0.3, -0.25) is 9.59 Å². The lowest BCUT2D eigenvalue weighted by atomic mass is 9.86. The molecule has 0 bridgehead atoms. The third-order valence-electron chi connectivity index (χ3n) is 4.15. The Hall–Kier alpha value is -1.06. The van der Waals surface area contributed by atoms with E-state index in [9.17, 15) is 9.59 Å². The topological polar surface area (TPSA) is 66.4 Å². The Morgan fingerprint density at radius 2 is 1.80 bits per heavy atom. The molecule has 0 radical (unpaired) electrons. The molecule has 0 aromatic rings. The van der Waals surface area contributed by atoms with E-state index in [-0.39, 0.29) is 17.9 Å². The maximum atomic E-state index is 11.8. The molecule has 0 saturated heterocycles. The summed E-state index contributed by atoms with van der Waals surface area (Å²) in [5, 5.41) is 12.0. The van der Waals surface area contributed by atoms with Gasteiger partial charge in [-0.1, -0.05) is 45.4 Å². The highest BCUT2D eigenvalue weighted by molar-refractivity contribution is 5.76. The summed E-state index contributed by atoms with van der Waals surface area (Å²) in [6.45, 7) is 2.20. The third-order valence-corrected chi connectivity index (χ3v) is 4.15. The Labute approximate surface area is 122 Å². The summed E-state index contributed by atoms with van der Waals surface area (Å²) in [6, 6.07) is 0.0671. The lowest BCUT2D eigenvalue weighted by molar-refractivity contribution is -0.143. The fourth-order valence-corrected chi connectivity index (χ4v) is 2.91. The van der Waals surface area contributed by atoms with E-state index in [1.54, 1.807) is 0 Å². The van der Waals surface area contributed by atoms with Crippen LogP contribution in [0, 0.1) is 5.92 Å². The molecule has 0 aromatic heterocycles. The number of hydrogen-bond donors (Lipinski definition) is 2. The number of amides is 1. The number of unbranched alkanes of at least 4 members (excludes halogenated alkanes) is 5. The fraction of sp³-hybridized carbons (Fsp3) is 0.875. The van der Waals surface area contributed by atoms with E-state index in [1.165, 1.54) is 25.7 Å². The highest BCUT2D eigenvalue weighted by Crippen LogP contribution is 2.24. The van der Waals surface area contributed by atoms with Gasteiger partial charge in [0.1, 0.15) is 0 Å². The minimum atomic E-state index is -0.722. The number of nitrogens with one attached hydrogen (secondary N) is 1. The zero-order chi connectivity index (χ0) is 14.8. The van der Waals surface area contributed by atoms with E-state index in [2.05, 4.69) is 12.2 Å². The van der Waals surface area contributed by atoms with Gasteiger partial charge in [0.2, 0.25) is 5.91 Å². The molecule has 1 aliphatic carbocycles. The molecule has 1 amide bonds. The molecule has 1 aliphatic rings. The van der Waals surface area contributed by atoms with E-state index in [0.29, 0.717) is 12.8 Å². The van der Waals surface area contributed by atoms with Crippen molar-refractivity contribution in [2.24, 2.45) is 5.92 Å². The van der Waals surface area contributed by atoms with Crippen LogP contribution in [0.3, 0.4) is 0 Å².